The maximum Gasteiger partial charge on any atom is 0.305 e. The molecule has 0 spiro atoms. The van der Waals surface area contributed by atoms with Crippen molar-refractivity contribution in [2.75, 3.05) is 46.6 Å². The minimum atomic E-state index is -0.109. The minimum Gasteiger partial charge on any atom is -0.463 e. The van der Waals surface area contributed by atoms with E-state index in [0.717, 1.165) is 19.4 Å². The summed E-state index contributed by atoms with van der Waals surface area (Å²) in [6.07, 6.45) is 9.01. The van der Waals surface area contributed by atoms with E-state index in [1.807, 2.05) is 7.05 Å². The zero-order chi connectivity index (χ0) is 16.3. The van der Waals surface area contributed by atoms with Crippen LogP contribution in [-0.4, -0.2) is 52.6 Å². The Balaban J connectivity index is 3.13. The molecule has 0 saturated heterocycles. The second kappa shape index (κ2) is 18.4. The maximum absolute atomic E-state index is 11.5. The monoisotopic (exact) mass is 317 g/mol. The number of hydrogen-bond acceptors (Lipinski definition) is 5. The first-order valence-corrected chi connectivity index (χ1v) is 8.77. The fraction of sp³-hybridized carbons (Fsp3) is 0.941. The van der Waals surface area contributed by atoms with Crippen molar-refractivity contribution in [3.63, 3.8) is 0 Å². The molecule has 0 amide bonds. The number of ether oxygens (including phenoxy) is 3. The van der Waals surface area contributed by atoms with Crippen LogP contribution in [0.5, 0.6) is 0 Å². The van der Waals surface area contributed by atoms with Crippen LogP contribution in [-0.2, 0) is 19.0 Å². The third-order valence-electron chi connectivity index (χ3n) is 3.34. The van der Waals surface area contributed by atoms with Crippen molar-refractivity contribution in [2.24, 2.45) is 0 Å². The van der Waals surface area contributed by atoms with Crippen LogP contribution < -0.4 is 5.32 Å². The molecule has 0 bridgehead atoms. The van der Waals surface area contributed by atoms with Crippen molar-refractivity contribution in [3.8, 4) is 0 Å². The molecule has 5 heteroatoms. The number of nitrogens with one attached hydrogen (secondary N) is 1. The maximum atomic E-state index is 11.5. The third-order valence-corrected chi connectivity index (χ3v) is 3.34. The van der Waals surface area contributed by atoms with Crippen molar-refractivity contribution < 1.29 is 19.0 Å². The van der Waals surface area contributed by atoms with E-state index in [4.69, 9.17) is 14.2 Å². The predicted molar refractivity (Wildman–Crippen MR) is 89.1 cm³/mol. The highest BCUT2D eigenvalue weighted by Gasteiger charge is 2.02. The highest BCUT2D eigenvalue weighted by Crippen LogP contribution is 2.08. The smallest absolute Gasteiger partial charge is 0.305 e. The fourth-order valence-electron chi connectivity index (χ4n) is 2.01. The second-order valence-electron chi connectivity index (χ2n) is 5.42. The Morgan fingerprint density at radius 2 is 1.41 bits per heavy atom. The molecule has 132 valence electrons. The standard InChI is InChI=1S/C17H35NO4/c1-3-4-5-6-7-8-9-10-17(19)22-16-15-21-14-13-20-12-11-18-2/h18H,3-16H2,1-2H3. The second-order valence-corrected chi connectivity index (χ2v) is 5.42. The van der Waals surface area contributed by atoms with Gasteiger partial charge in [-0.3, -0.25) is 4.79 Å². The summed E-state index contributed by atoms with van der Waals surface area (Å²) in [5, 5.41) is 3.00. The van der Waals surface area contributed by atoms with Crippen LogP contribution in [0.2, 0.25) is 0 Å². The van der Waals surface area contributed by atoms with Crippen LogP contribution in [0.3, 0.4) is 0 Å². The van der Waals surface area contributed by atoms with Gasteiger partial charge in [0.2, 0.25) is 0 Å². The van der Waals surface area contributed by atoms with Gasteiger partial charge in [-0.05, 0) is 13.5 Å². The van der Waals surface area contributed by atoms with E-state index in [9.17, 15) is 4.79 Å². The van der Waals surface area contributed by atoms with E-state index in [1.54, 1.807) is 0 Å². The SMILES string of the molecule is CCCCCCCCCC(=O)OCCOCCOCCNC. The van der Waals surface area contributed by atoms with Crippen molar-refractivity contribution in [3.05, 3.63) is 0 Å². The lowest BCUT2D eigenvalue weighted by Crippen LogP contribution is -2.17. The van der Waals surface area contributed by atoms with Gasteiger partial charge in [-0.15, -0.1) is 0 Å². The zero-order valence-corrected chi connectivity index (χ0v) is 14.5. The number of hydrogen-bond donors (Lipinski definition) is 1. The molecule has 0 fully saturated rings. The Hall–Kier alpha value is -0.650. The number of unbranched alkanes of at least 4 members (excludes halogenated alkanes) is 6. The lowest BCUT2D eigenvalue weighted by Gasteiger charge is -2.07. The van der Waals surface area contributed by atoms with Crippen LogP contribution in [0.15, 0.2) is 0 Å². The van der Waals surface area contributed by atoms with Gasteiger partial charge >= 0.3 is 5.97 Å². The number of rotatable bonds is 17. The molecular formula is C17H35NO4. The van der Waals surface area contributed by atoms with Gasteiger partial charge < -0.3 is 19.5 Å². The van der Waals surface area contributed by atoms with E-state index in [2.05, 4.69) is 12.2 Å². The molecule has 0 aliphatic heterocycles. The Labute approximate surface area is 136 Å². The van der Waals surface area contributed by atoms with Crippen LogP contribution in [0.1, 0.15) is 58.3 Å². The molecule has 0 heterocycles. The van der Waals surface area contributed by atoms with Gasteiger partial charge in [0.15, 0.2) is 0 Å². The first-order valence-electron chi connectivity index (χ1n) is 8.77. The molecule has 0 aromatic rings. The van der Waals surface area contributed by atoms with E-state index in [0.29, 0.717) is 39.5 Å². The summed E-state index contributed by atoms with van der Waals surface area (Å²) in [6, 6.07) is 0. The fourth-order valence-corrected chi connectivity index (χ4v) is 2.01. The molecule has 0 unspecified atom stereocenters. The summed E-state index contributed by atoms with van der Waals surface area (Å²) in [7, 11) is 1.89. The molecule has 5 nitrogen and oxygen atoms in total. The Morgan fingerprint density at radius 3 is 2.09 bits per heavy atom. The molecule has 22 heavy (non-hydrogen) atoms. The topological polar surface area (TPSA) is 56.8 Å². The molecule has 0 rings (SSSR count). The van der Waals surface area contributed by atoms with Gasteiger partial charge in [0.05, 0.1) is 26.4 Å². The number of carbonyl (C=O) groups excluding carboxylic acids is 1. The quantitative estimate of drug-likeness (QED) is 0.330. The number of carbonyl (C=O) groups is 1. The van der Waals surface area contributed by atoms with E-state index >= 15 is 0 Å². The van der Waals surface area contributed by atoms with Gasteiger partial charge in [0, 0.05) is 13.0 Å². The van der Waals surface area contributed by atoms with Gasteiger partial charge in [0.25, 0.3) is 0 Å². The first kappa shape index (κ1) is 21.4. The molecule has 0 radical (unpaired) electrons. The lowest BCUT2D eigenvalue weighted by molar-refractivity contribution is -0.145. The summed E-state index contributed by atoms with van der Waals surface area (Å²) in [5.74, 6) is -0.109. The molecule has 1 N–H and O–H groups in total. The summed E-state index contributed by atoms with van der Waals surface area (Å²) >= 11 is 0. The summed E-state index contributed by atoms with van der Waals surface area (Å²) < 4.78 is 15.7. The van der Waals surface area contributed by atoms with Crippen molar-refractivity contribution in [2.45, 2.75) is 58.3 Å². The van der Waals surface area contributed by atoms with E-state index in [1.165, 1.54) is 32.1 Å². The van der Waals surface area contributed by atoms with Gasteiger partial charge in [-0.25, -0.2) is 0 Å². The van der Waals surface area contributed by atoms with Crippen LogP contribution in [0, 0.1) is 0 Å². The van der Waals surface area contributed by atoms with Crippen molar-refractivity contribution >= 4 is 5.97 Å². The first-order chi connectivity index (χ1) is 10.8. The van der Waals surface area contributed by atoms with Crippen LogP contribution in [0.4, 0.5) is 0 Å². The van der Waals surface area contributed by atoms with Crippen molar-refractivity contribution in [1.29, 1.82) is 0 Å². The highest BCUT2D eigenvalue weighted by atomic mass is 16.6. The average molecular weight is 317 g/mol. The molecule has 0 aromatic heterocycles. The molecular weight excluding hydrogens is 282 g/mol. The Morgan fingerprint density at radius 1 is 0.818 bits per heavy atom. The average Bonchev–Trinajstić information content (AvgIpc) is 2.52. The van der Waals surface area contributed by atoms with E-state index in [-0.39, 0.29) is 5.97 Å². The zero-order valence-electron chi connectivity index (χ0n) is 14.5. The molecule has 0 aliphatic carbocycles. The van der Waals surface area contributed by atoms with Crippen molar-refractivity contribution in [1.82, 2.24) is 5.32 Å². The number of esters is 1. The summed E-state index contributed by atoms with van der Waals surface area (Å²) in [4.78, 5) is 11.5. The molecule has 0 aliphatic rings. The van der Waals surface area contributed by atoms with Gasteiger partial charge in [-0.2, -0.15) is 0 Å². The largest absolute Gasteiger partial charge is 0.463 e. The Bertz CT molecular complexity index is 237. The third kappa shape index (κ3) is 17.4. The molecule has 0 aromatic carbocycles. The van der Waals surface area contributed by atoms with E-state index < -0.39 is 0 Å². The predicted octanol–water partition coefficient (Wildman–Crippen LogP) is 2.92. The van der Waals surface area contributed by atoms with Gasteiger partial charge in [0.1, 0.15) is 6.61 Å². The molecule has 0 saturated carbocycles. The molecule has 0 atom stereocenters. The lowest BCUT2D eigenvalue weighted by atomic mass is 10.1. The Kier molecular flexibility index (Phi) is 17.9. The van der Waals surface area contributed by atoms with Gasteiger partial charge in [-0.1, -0.05) is 45.4 Å². The normalized spacial score (nSPS) is 10.8. The summed E-state index contributed by atoms with van der Waals surface area (Å²) in [6.45, 7) is 5.65. The minimum absolute atomic E-state index is 0.109. The number of likely N-dealkylation sites (N-methyl/N-ethyl adjacent to an activating group) is 1. The van der Waals surface area contributed by atoms with Crippen LogP contribution >= 0.6 is 0 Å². The summed E-state index contributed by atoms with van der Waals surface area (Å²) in [5.41, 5.74) is 0. The highest BCUT2D eigenvalue weighted by molar-refractivity contribution is 5.69. The van der Waals surface area contributed by atoms with Crippen LogP contribution in [0.25, 0.3) is 0 Å².